The summed E-state index contributed by atoms with van der Waals surface area (Å²) < 4.78 is 13.4. The number of aromatic nitrogens is 4. The Morgan fingerprint density at radius 1 is 0.971 bits per heavy atom. The fraction of sp³-hybridized carbons (Fsp3) is 0.208. The van der Waals surface area contributed by atoms with Crippen LogP contribution in [-0.2, 0) is 13.0 Å². The first-order valence-corrected chi connectivity index (χ1v) is 11.3. The third-order valence-corrected chi connectivity index (χ3v) is 5.45. The number of para-hydroxylation sites is 1. The van der Waals surface area contributed by atoms with Gasteiger partial charge < -0.3 is 14.8 Å². The molecule has 0 aliphatic rings. The molecular weight excluding hydrogens is 497 g/mol. The van der Waals surface area contributed by atoms with E-state index in [9.17, 15) is 0 Å². The van der Waals surface area contributed by atoms with Gasteiger partial charge in [0.15, 0.2) is 11.5 Å². The summed E-state index contributed by atoms with van der Waals surface area (Å²) in [6.07, 6.45) is 0.803. The minimum absolute atomic E-state index is 0. The van der Waals surface area contributed by atoms with Gasteiger partial charge in [-0.05, 0) is 77.8 Å². The summed E-state index contributed by atoms with van der Waals surface area (Å²) in [5.41, 5.74) is 2.93. The average molecular weight is 521 g/mol. The number of tetrazole rings is 1. The van der Waals surface area contributed by atoms with Gasteiger partial charge in [-0.15, -0.1) is 12.4 Å². The van der Waals surface area contributed by atoms with Crippen molar-refractivity contribution in [3.63, 3.8) is 0 Å². The second-order valence-electron chi connectivity index (χ2n) is 7.19. The number of nitrogens with zero attached hydrogens (tertiary/aromatic N) is 4. The predicted molar refractivity (Wildman–Crippen MR) is 136 cm³/mol. The van der Waals surface area contributed by atoms with Crippen LogP contribution in [0.1, 0.15) is 18.1 Å². The van der Waals surface area contributed by atoms with E-state index in [-0.39, 0.29) is 18.4 Å². The lowest BCUT2D eigenvalue weighted by atomic mass is 10.1. The molecule has 34 heavy (non-hydrogen) atoms. The summed E-state index contributed by atoms with van der Waals surface area (Å²) in [7, 11) is 0. The maximum atomic E-state index is 6.25. The molecule has 7 nitrogen and oxygen atoms in total. The van der Waals surface area contributed by atoms with Crippen molar-refractivity contribution >= 4 is 35.6 Å². The molecule has 1 aromatic heterocycles. The molecule has 0 spiro atoms. The minimum Gasteiger partial charge on any atom is -0.490 e. The van der Waals surface area contributed by atoms with Gasteiger partial charge >= 0.3 is 6.01 Å². The van der Waals surface area contributed by atoms with Gasteiger partial charge in [0.05, 0.1) is 12.3 Å². The Kier molecular flexibility index (Phi) is 9.53. The Morgan fingerprint density at radius 2 is 1.79 bits per heavy atom. The van der Waals surface area contributed by atoms with E-state index in [1.54, 1.807) is 6.07 Å². The largest absolute Gasteiger partial charge is 0.490 e. The third kappa shape index (κ3) is 6.61. The monoisotopic (exact) mass is 519 g/mol. The van der Waals surface area contributed by atoms with Crippen LogP contribution < -0.4 is 14.8 Å². The van der Waals surface area contributed by atoms with E-state index in [1.807, 2.05) is 67.6 Å². The number of hydrogen-bond donors (Lipinski definition) is 1. The summed E-state index contributed by atoms with van der Waals surface area (Å²) in [4.78, 5) is 0. The van der Waals surface area contributed by atoms with Gasteiger partial charge in [0.1, 0.15) is 0 Å². The molecule has 0 saturated heterocycles. The standard InChI is InChI=1S/C24H23Cl2N5O2.ClH/c1-2-32-23-14-17(16-27-13-12-18-9-10-19(25)15-21(18)26)8-11-22(23)33-24-28-29-30-31(24)20-6-4-3-5-7-20;/h3-11,14-15,27H,2,12-13,16H2,1H3;1H. The Labute approximate surface area is 214 Å². The molecule has 4 aromatic rings. The SMILES string of the molecule is CCOc1cc(CNCCc2ccc(Cl)cc2Cl)ccc1Oc1nnnn1-c1ccccc1.Cl. The molecule has 1 heterocycles. The average Bonchev–Trinajstić information content (AvgIpc) is 3.28. The summed E-state index contributed by atoms with van der Waals surface area (Å²) >= 11 is 12.2. The van der Waals surface area contributed by atoms with Crippen molar-refractivity contribution in [1.29, 1.82) is 0 Å². The molecular formula is C24H24Cl3N5O2. The zero-order valence-electron chi connectivity index (χ0n) is 18.4. The van der Waals surface area contributed by atoms with Crippen LogP contribution >= 0.6 is 35.6 Å². The van der Waals surface area contributed by atoms with Crippen molar-refractivity contribution < 1.29 is 9.47 Å². The van der Waals surface area contributed by atoms with Crippen LogP contribution in [0.2, 0.25) is 10.0 Å². The van der Waals surface area contributed by atoms with E-state index in [0.29, 0.717) is 34.7 Å². The predicted octanol–water partition coefficient (Wildman–Crippen LogP) is 5.91. The molecule has 0 unspecified atom stereocenters. The second kappa shape index (κ2) is 12.6. The fourth-order valence-corrected chi connectivity index (χ4v) is 3.77. The maximum absolute atomic E-state index is 6.25. The van der Waals surface area contributed by atoms with Crippen LogP contribution in [0, 0.1) is 0 Å². The highest BCUT2D eigenvalue weighted by molar-refractivity contribution is 6.35. The number of benzene rings is 3. The lowest BCUT2D eigenvalue weighted by Crippen LogP contribution is -2.17. The highest BCUT2D eigenvalue weighted by Crippen LogP contribution is 2.32. The van der Waals surface area contributed by atoms with E-state index < -0.39 is 0 Å². The topological polar surface area (TPSA) is 74.1 Å². The van der Waals surface area contributed by atoms with Gasteiger partial charge in [0, 0.05) is 16.6 Å². The first-order chi connectivity index (χ1) is 16.1. The normalized spacial score (nSPS) is 10.6. The molecule has 0 aliphatic carbocycles. The number of halogens is 3. The molecule has 0 bridgehead atoms. The number of nitrogens with one attached hydrogen (secondary N) is 1. The van der Waals surface area contributed by atoms with E-state index >= 15 is 0 Å². The molecule has 0 radical (unpaired) electrons. The maximum Gasteiger partial charge on any atom is 0.346 e. The van der Waals surface area contributed by atoms with Crippen molar-refractivity contribution in [3.8, 4) is 23.2 Å². The van der Waals surface area contributed by atoms with Gasteiger partial charge in [-0.1, -0.05) is 58.6 Å². The number of hydrogen-bond acceptors (Lipinski definition) is 6. The van der Waals surface area contributed by atoms with Gasteiger partial charge in [-0.25, -0.2) is 0 Å². The van der Waals surface area contributed by atoms with Crippen molar-refractivity contribution in [2.75, 3.05) is 13.2 Å². The summed E-state index contributed by atoms with van der Waals surface area (Å²) in [6.45, 7) is 3.88. The summed E-state index contributed by atoms with van der Waals surface area (Å²) in [5.74, 6) is 1.17. The lowest BCUT2D eigenvalue weighted by molar-refractivity contribution is 0.315. The highest BCUT2D eigenvalue weighted by Gasteiger charge is 2.14. The van der Waals surface area contributed by atoms with Crippen molar-refractivity contribution in [3.05, 3.63) is 87.9 Å². The Hall–Kier alpha value is -2.84. The molecule has 4 rings (SSSR count). The lowest BCUT2D eigenvalue weighted by Gasteiger charge is -2.13. The van der Waals surface area contributed by atoms with E-state index in [1.165, 1.54) is 4.68 Å². The molecule has 0 saturated carbocycles. The quantitative estimate of drug-likeness (QED) is 0.262. The van der Waals surface area contributed by atoms with Crippen molar-refractivity contribution in [2.24, 2.45) is 0 Å². The Balaban J connectivity index is 0.00000324. The van der Waals surface area contributed by atoms with Crippen LogP contribution in [0.4, 0.5) is 0 Å². The Bertz CT molecular complexity index is 1200. The van der Waals surface area contributed by atoms with Crippen LogP contribution in [-0.4, -0.2) is 33.4 Å². The van der Waals surface area contributed by atoms with Crippen LogP contribution in [0.3, 0.4) is 0 Å². The molecule has 0 atom stereocenters. The van der Waals surface area contributed by atoms with Crippen LogP contribution in [0.15, 0.2) is 66.7 Å². The Morgan fingerprint density at radius 3 is 2.56 bits per heavy atom. The zero-order valence-corrected chi connectivity index (χ0v) is 20.8. The minimum atomic E-state index is 0. The molecule has 0 fully saturated rings. The summed E-state index contributed by atoms with van der Waals surface area (Å²) in [6, 6.07) is 21.2. The molecule has 1 N–H and O–H groups in total. The molecule has 0 amide bonds. The zero-order chi connectivity index (χ0) is 23.0. The first kappa shape index (κ1) is 25.8. The van der Waals surface area contributed by atoms with E-state index in [0.717, 1.165) is 29.8 Å². The molecule has 178 valence electrons. The fourth-order valence-electron chi connectivity index (χ4n) is 3.27. The third-order valence-electron chi connectivity index (χ3n) is 4.87. The molecule has 0 aliphatic heterocycles. The van der Waals surface area contributed by atoms with Crippen LogP contribution in [0.5, 0.6) is 17.5 Å². The highest BCUT2D eigenvalue weighted by atomic mass is 35.5. The van der Waals surface area contributed by atoms with Crippen LogP contribution in [0.25, 0.3) is 5.69 Å². The molecule has 10 heteroatoms. The van der Waals surface area contributed by atoms with Crippen molar-refractivity contribution in [1.82, 2.24) is 25.5 Å². The smallest absolute Gasteiger partial charge is 0.346 e. The summed E-state index contributed by atoms with van der Waals surface area (Å²) in [5, 5.41) is 16.5. The van der Waals surface area contributed by atoms with Gasteiger partial charge in [0.25, 0.3) is 0 Å². The van der Waals surface area contributed by atoms with Crippen molar-refractivity contribution in [2.45, 2.75) is 19.9 Å². The van der Waals surface area contributed by atoms with E-state index in [2.05, 4.69) is 20.8 Å². The number of ether oxygens (including phenoxy) is 2. The number of rotatable bonds is 10. The van der Waals surface area contributed by atoms with Gasteiger partial charge in [0.2, 0.25) is 0 Å². The van der Waals surface area contributed by atoms with Gasteiger partial charge in [-0.3, -0.25) is 0 Å². The first-order valence-electron chi connectivity index (χ1n) is 10.6. The van der Waals surface area contributed by atoms with Gasteiger partial charge in [-0.2, -0.15) is 4.68 Å². The molecule has 3 aromatic carbocycles. The second-order valence-corrected chi connectivity index (χ2v) is 8.03. The van der Waals surface area contributed by atoms with E-state index in [4.69, 9.17) is 32.7 Å².